The van der Waals surface area contributed by atoms with Gasteiger partial charge < -0.3 is 31.3 Å². The number of piperidine rings is 2. The number of imide groups is 2. The van der Waals surface area contributed by atoms with Crippen LogP contribution < -0.4 is 26.6 Å². The highest BCUT2D eigenvalue weighted by molar-refractivity contribution is 7.11. The number of aliphatic hydroxyl groups excluding tert-OH is 1. The summed E-state index contributed by atoms with van der Waals surface area (Å²) in [6.07, 6.45) is 7.09. The van der Waals surface area contributed by atoms with Gasteiger partial charge in [-0.3, -0.25) is 29.4 Å². The van der Waals surface area contributed by atoms with Gasteiger partial charge in [0.05, 0.1) is 41.5 Å². The predicted molar refractivity (Wildman–Crippen MR) is 235 cm³/mol. The first-order valence-electron chi connectivity index (χ1n) is 21.2. The van der Waals surface area contributed by atoms with Crippen LogP contribution in [0.15, 0.2) is 60.9 Å². The summed E-state index contributed by atoms with van der Waals surface area (Å²) in [4.78, 5) is 77.3. The fraction of sp³-hybridized carbons (Fsp3) is 0.409. The number of amides is 6. The average Bonchev–Trinajstić information content (AvgIpc) is 3.98. The van der Waals surface area contributed by atoms with Gasteiger partial charge in [-0.1, -0.05) is 39.0 Å². The molecule has 18 heteroatoms. The van der Waals surface area contributed by atoms with Crippen molar-refractivity contribution < 1.29 is 29.1 Å². The van der Waals surface area contributed by atoms with Crippen LogP contribution >= 0.6 is 11.3 Å². The lowest BCUT2D eigenvalue weighted by Crippen LogP contribution is -2.54. The minimum Gasteiger partial charge on any atom is -0.394 e. The Morgan fingerprint density at radius 1 is 0.984 bits per heavy atom. The van der Waals surface area contributed by atoms with Crippen LogP contribution in [0.4, 0.5) is 27.8 Å². The van der Waals surface area contributed by atoms with Crippen molar-refractivity contribution in [1.82, 2.24) is 34.7 Å². The number of carbonyl (C=O) groups excluding carboxylic acids is 5. The number of hydrogen-bond donors (Lipinski definition) is 6. The Kier molecular flexibility index (Phi) is 12.5. The van der Waals surface area contributed by atoms with E-state index in [-0.39, 0.29) is 48.6 Å². The van der Waals surface area contributed by atoms with Crippen molar-refractivity contribution in [3.63, 3.8) is 0 Å². The lowest BCUT2D eigenvalue weighted by atomic mass is 9.94. The van der Waals surface area contributed by atoms with E-state index < -0.39 is 29.7 Å². The fourth-order valence-corrected chi connectivity index (χ4v) is 9.11. The number of urea groups is 1. The highest BCUT2D eigenvalue weighted by atomic mass is 32.1. The summed E-state index contributed by atoms with van der Waals surface area (Å²) in [6, 6.07) is 13.4. The number of likely N-dealkylation sites (tertiary alicyclic amines) is 1. The smallest absolute Gasteiger partial charge is 0.321 e. The maximum absolute atomic E-state index is 13.5. The molecular weight excluding hydrogens is 811 g/mol. The van der Waals surface area contributed by atoms with Gasteiger partial charge in [-0.05, 0) is 67.3 Å². The van der Waals surface area contributed by atoms with Crippen LogP contribution in [0.5, 0.6) is 0 Å². The van der Waals surface area contributed by atoms with Gasteiger partial charge in [0.25, 0.3) is 11.8 Å². The van der Waals surface area contributed by atoms with E-state index in [1.54, 1.807) is 34.1 Å². The monoisotopic (exact) mass is 861 g/mol. The Bertz CT molecular complexity index is 2490. The Morgan fingerprint density at radius 3 is 2.50 bits per heavy atom. The van der Waals surface area contributed by atoms with Crippen molar-refractivity contribution in [2.75, 3.05) is 41.0 Å². The molecule has 0 aliphatic carbocycles. The zero-order valence-electron chi connectivity index (χ0n) is 34.9. The summed E-state index contributed by atoms with van der Waals surface area (Å²) in [6.45, 7) is 8.44. The molecule has 324 valence electrons. The molecule has 62 heavy (non-hydrogen) atoms. The van der Waals surface area contributed by atoms with Crippen LogP contribution in [-0.2, 0) is 29.1 Å². The summed E-state index contributed by atoms with van der Waals surface area (Å²) in [5.41, 5.74) is 4.48. The second-order valence-electron chi connectivity index (χ2n) is 16.3. The first-order chi connectivity index (χ1) is 30.0. The lowest BCUT2D eigenvalue weighted by Gasteiger charge is -2.31. The van der Waals surface area contributed by atoms with Gasteiger partial charge in [-0.2, -0.15) is 9.61 Å². The minimum atomic E-state index is -1.02. The van der Waals surface area contributed by atoms with E-state index in [0.29, 0.717) is 49.3 Å². The highest BCUT2D eigenvalue weighted by Crippen LogP contribution is 2.33. The quantitative estimate of drug-likeness (QED) is 0.0710. The molecule has 8 rings (SSSR count). The average molecular weight is 862 g/mol. The molecule has 1 unspecified atom stereocenters. The number of anilines is 4. The van der Waals surface area contributed by atoms with Crippen molar-refractivity contribution >= 4 is 69.7 Å². The third kappa shape index (κ3) is 8.97. The molecule has 2 aromatic carbocycles. The number of nitrogens with one attached hydrogen (secondary N) is 5. The van der Waals surface area contributed by atoms with Crippen LogP contribution in [0.25, 0.3) is 5.65 Å². The third-order valence-corrected chi connectivity index (χ3v) is 12.8. The van der Waals surface area contributed by atoms with E-state index in [0.717, 1.165) is 63.1 Å². The van der Waals surface area contributed by atoms with Gasteiger partial charge in [-0.25, -0.2) is 14.8 Å². The molecule has 0 saturated carbocycles. The summed E-state index contributed by atoms with van der Waals surface area (Å²) >= 11 is 1.59. The van der Waals surface area contributed by atoms with E-state index in [1.165, 1.54) is 0 Å². The number of rotatable bonds is 15. The van der Waals surface area contributed by atoms with Crippen molar-refractivity contribution in [2.45, 2.75) is 90.4 Å². The van der Waals surface area contributed by atoms with Gasteiger partial charge in [0, 0.05) is 66.6 Å². The molecular formula is C44H51N11O6S. The molecule has 0 radical (unpaired) electrons. The molecule has 3 aromatic heterocycles. The lowest BCUT2D eigenvalue weighted by molar-refractivity contribution is -0.136. The van der Waals surface area contributed by atoms with Crippen LogP contribution in [-0.4, -0.2) is 95.9 Å². The molecule has 5 aromatic rings. The molecule has 2 atom stereocenters. The Morgan fingerprint density at radius 2 is 1.77 bits per heavy atom. The van der Waals surface area contributed by atoms with Crippen LogP contribution in [0, 0.1) is 5.92 Å². The summed E-state index contributed by atoms with van der Waals surface area (Å²) in [7, 11) is 0. The van der Waals surface area contributed by atoms with Crippen molar-refractivity contribution in [1.29, 1.82) is 0 Å². The van der Waals surface area contributed by atoms with Gasteiger partial charge >= 0.3 is 6.03 Å². The molecule has 2 fully saturated rings. The SMILES string of the molecule is CC[C@@H](CO)Nc1cc(NCc2ccc(NC(=O)N3CCC(Cc4ncc(CNc5cccc6c5C(=O)N(C5CCC(=O)NC5=O)C6=O)s4)CC3)cc2)n2ncc(C(C)C)c2n1. The van der Waals surface area contributed by atoms with Gasteiger partial charge in [0.2, 0.25) is 11.8 Å². The molecule has 2 saturated heterocycles. The highest BCUT2D eigenvalue weighted by Gasteiger charge is 2.45. The number of aliphatic hydroxyl groups is 1. The molecule has 3 aliphatic heterocycles. The maximum Gasteiger partial charge on any atom is 0.321 e. The number of benzene rings is 2. The van der Waals surface area contributed by atoms with Crippen LogP contribution in [0.3, 0.4) is 0 Å². The number of nitrogens with zero attached hydrogens (tertiary/aromatic N) is 6. The fourth-order valence-electron chi connectivity index (χ4n) is 8.13. The van der Waals surface area contributed by atoms with Gasteiger partial charge in [0.1, 0.15) is 17.7 Å². The molecule has 0 spiro atoms. The van der Waals surface area contributed by atoms with Gasteiger partial charge in [0.15, 0.2) is 5.65 Å². The van der Waals surface area contributed by atoms with Gasteiger partial charge in [-0.15, -0.1) is 11.3 Å². The largest absolute Gasteiger partial charge is 0.394 e. The Hall–Kier alpha value is -6.40. The van der Waals surface area contributed by atoms with Crippen molar-refractivity contribution in [3.05, 3.63) is 93.1 Å². The standard InChI is InChI=1S/C44H51N11O6S/c1-4-28(24-56)49-35-19-36(55-40(51-35)32(23-48-55)25(2)3)46-20-27-8-10-29(11-9-27)50-44(61)53-16-14-26(15-17-53)18-38-47-22-30(62-38)21-45-33-7-5-6-31-39(33)43(60)54(42(31)59)34-12-13-37(57)52-41(34)58/h5-11,19,22-23,25-26,28,34,45-46,56H,4,12-18,20-21,24H2,1-3H3,(H,49,51)(H,50,61)(H,52,57,58)/t28-,34?/m0/s1. The second kappa shape index (κ2) is 18.3. The second-order valence-corrected chi connectivity index (χ2v) is 17.5. The zero-order valence-corrected chi connectivity index (χ0v) is 35.8. The normalized spacial score (nSPS) is 17.4. The van der Waals surface area contributed by atoms with Crippen LogP contribution in [0.1, 0.15) is 101 Å². The molecule has 6 N–H and O–H groups in total. The first-order valence-corrected chi connectivity index (χ1v) is 22.0. The number of fused-ring (bicyclic) bond motifs is 2. The predicted octanol–water partition coefficient (Wildman–Crippen LogP) is 5.60. The maximum atomic E-state index is 13.5. The first kappa shape index (κ1) is 42.3. The Balaban J connectivity index is 0.801. The topological polar surface area (TPSA) is 215 Å². The van der Waals surface area contributed by atoms with E-state index in [9.17, 15) is 29.1 Å². The number of aromatic nitrogens is 4. The summed E-state index contributed by atoms with van der Waals surface area (Å²) in [5.74, 6) is -0.0873. The zero-order chi connectivity index (χ0) is 43.5. The van der Waals surface area contributed by atoms with Crippen molar-refractivity contribution in [3.8, 4) is 0 Å². The molecule has 6 heterocycles. The van der Waals surface area contributed by atoms with E-state index in [4.69, 9.17) is 4.98 Å². The van der Waals surface area contributed by atoms with E-state index >= 15 is 0 Å². The Labute approximate surface area is 362 Å². The van der Waals surface area contributed by atoms with Crippen LogP contribution in [0.2, 0.25) is 0 Å². The van der Waals surface area contributed by atoms with Crippen molar-refractivity contribution in [2.24, 2.45) is 5.92 Å². The molecule has 3 aliphatic rings. The van der Waals surface area contributed by atoms with E-state index in [2.05, 4.69) is 50.5 Å². The number of carbonyl (C=O) groups is 5. The summed E-state index contributed by atoms with van der Waals surface area (Å²) in [5, 5.41) is 30.8. The summed E-state index contributed by atoms with van der Waals surface area (Å²) < 4.78 is 1.81. The molecule has 6 amide bonds. The number of hydrogen-bond acceptors (Lipinski definition) is 13. The minimum absolute atomic E-state index is 0.00813. The number of thiazole rings is 1. The van der Waals surface area contributed by atoms with E-state index in [1.807, 2.05) is 54.5 Å². The molecule has 0 bridgehead atoms. The molecule has 17 nitrogen and oxygen atoms in total. The third-order valence-electron chi connectivity index (χ3n) is 11.8.